The smallest absolute Gasteiger partial charge is 0.262 e. The van der Waals surface area contributed by atoms with Crippen molar-refractivity contribution in [3.05, 3.63) is 46.3 Å². The summed E-state index contributed by atoms with van der Waals surface area (Å²) in [5.41, 5.74) is 0.353. The van der Waals surface area contributed by atoms with Crippen LogP contribution in [0.15, 0.2) is 35.0 Å². The van der Waals surface area contributed by atoms with Gasteiger partial charge in [-0.25, -0.2) is 9.37 Å². The molecule has 0 saturated carbocycles. The molecular weight excluding hydrogens is 320 g/mol. The zero-order chi connectivity index (χ0) is 15.0. The van der Waals surface area contributed by atoms with E-state index < -0.39 is 5.82 Å². The molecule has 1 aromatic carbocycles. The number of halogens is 3. The van der Waals surface area contributed by atoms with Gasteiger partial charge in [-0.2, -0.15) is 4.98 Å². The molecule has 2 heterocycles. The highest BCUT2D eigenvalue weighted by molar-refractivity contribution is 6.35. The van der Waals surface area contributed by atoms with Gasteiger partial charge in [-0.15, -0.1) is 0 Å². The molecule has 0 atom stereocenters. The van der Waals surface area contributed by atoms with Crippen LogP contribution in [0, 0.1) is 5.82 Å². The maximum atomic E-state index is 13.2. The highest BCUT2D eigenvalue weighted by Gasteiger charge is 2.17. The quantitative estimate of drug-likeness (QED) is 0.772. The van der Waals surface area contributed by atoms with Gasteiger partial charge in [0.2, 0.25) is 5.82 Å². The third-order valence-corrected chi connectivity index (χ3v) is 3.13. The molecule has 21 heavy (non-hydrogen) atoms. The Kier molecular flexibility index (Phi) is 3.48. The molecule has 0 unspecified atom stereocenters. The van der Waals surface area contributed by atoms with Crippen LogP contribution in [0.3, 0.4) is 0 Å². The van der Waals surface area contributed by atoms with Crippen LogP contribution in [-0.2, 0) is 0 Å². The van der Waals surface area contributed by atoms with Gasteiger partial charge in [0, 0.05) is 6.20 Å². The Hall–Kier alpha value is -2.18. The van der Waals surface area contributed by atoms with E-state index in [1.807, 2.05) is 0 Å². The number of aromatic hydroxyl groups is 1. The molecular formula is C13H6Cl2FN3O2. The van der Waals surface area contributed by atoms with E-state index in [1.54, 1.807) is 0 Å². The summed E-state index contributed by atoms with van der Waals surface area (Å²) in [5, 5.41) is 14.0. The van der Waals surface area contributed by atoms with E-state index in [-0.39, 0.29) is 33.7 Å². The summed E-state index contributed by atoms with van der Waals surface area (Å²) in [6.45, 7) is 0. The van der Waals surface area contributed by atoms with Gasteiger partial charge in [-0.3, -0.25) is 0 Å². The molecule has 0 fully saturated rings. The lowest BCUT2D eigenvalue weighted by molar-refractivity contribution is 0.425. The minimum atomic E-state index is -0.537. The van der Waals surface area contributed by atoms with Gasteiger partial charge in [-0.1, -0.05) is 28.4 Å². The van der Waals surface area contributed by atoms with Crippen molar-refractivity contribution in [3.8, 4) is 28.7 Å². The second-order valence-electron chi connectivity index (χ2n) is 4.07. The van der Waals surface area contributed by atoms with Gasteiger partial charge in [0.25, 0.3) is 5.89 Å². The number of aromatic nitrogens is 3. The van der Waals surface area contributed by atoms with E-state index in [4.69, 9.17) is 27.7 Å². The van der Waals surface area contributed by atoms with Crippen molar-refractivity contribution in [2.75, 3.05) is 0 Å². The van der Waals surface area contributed by atoms with Gasteiger partial charge in [0.15, 0.2) is 0 Å². The SMILES string of the molecule is Oc1ccc(F)cc1-c1nc(-c2ncc(Cl)cc2Cl)no1. The Morgan fingerprint density at radius 3 is 2.76 bits per heavy atom. The summed E-state index contributed by atoms with van der Waals surface area (Å²) in [6.07, 6.45) is 1.39. The molecule has 0 aliphatic rings. The van der Waals surface area contributed by atoms with Gasteiger partial charge in [0.05, 0.1) is 15.6 Å². The fraction of sp³-hybridized carbons (Fsp3) is 0. The van der Waals surface area contributed by atoms with Crippen molar-refractivity contribution in [1.29, 1.82) is 0 Å². The lowest BCUT2D eigenvalue weighted by atomic mass is 10.2. The first-order chi connectivity index (χ1) is 10.0. The van der Waals surface area contributed by atoms with E-state index in [0.29, 0.717) is 5.02 Å². The van der Waals surface area contributed by atoms with Crippen LogP contribution in [0.2, 0.25) is 10.0 Å². The predicted molar refractivity (Wildman–Crippen MR) is 74.6 cm³/mol. The predicted octanol–water partition coefficient (Wildman–Crippen LogP) is 3.95. The number of pyridine rings is 1. The van der Waals surface area contributed by atoms with E-state index >= 15 is 0 Å². The zero-order valence-corrected chi connectivity index (χ0v) is 11.7. The van der Waals surface area contributed by atoms with Gasteiger partial charge >= 0.3 is 0 Å². The van der Waals surface area contributed by atoms with Crippen LogP contribution in [0.5, 0.6) is 5.75 Å². The topological polar surface area (TPSA) is 72.0 Å². The summed E-state index contributed by atoms with van der Waals surface area (Å²) in [4.78, 5) is 8.06. The molecule has 0 amide bonds. The van der Waals surface area contributed by atoms with Crippen LogP contribution >= 0.6 is 23.2 Å². The lowest BCUT2D eigenvalue weighted by Crippen LogP contribution is -1.87. The van der Waals surface area contributed by atoms with Crippen LogP contribution < -0.4 is 0 Å². The summed E-state index contributed by atoms with van der Waals surface area (Å²) in [6, 6.07) is 4.89. The normalized spacial score (nSPS) is 10.8. The maximum absolute atomic E-state index is 13.2. The molecule has 2 aromatic heterocycles. The number of rotatable bonds is 2. The van der Waals surface area contributed by atoms with Crippen LogP contribution in [0.25, 0.3) is 23.0 Å². The second kappa shape index (κ2) is 5.31. The standard InChI is InChI=1S/C13H6Cl2FN3O2/c14-6-3-9(15)11(17-5-6)12-18-13(21-19-12)8-4-7(16)1-2-10(8)20/h1-5,20H. The summed E-state index contributed by atoms with van der Waals surface area (Å²) in [7, 11) is 0. The molecule has 3 rings (SSSR count). The first-order valence-electron chi connectivity index (χ1n) is 5.68. The molecule has 0 aliphatic carbocycles. The molecule has 1 N–H and O–H groups in total. The molecule has 0 saturated heterocycles. The number of hydrogen-bond donors (Lipinski definition) is 1. The second-order valence-corrected chi connectivity index (χ2v) is 4.91. The van der Waals surface area contributed by atoms with Crippen LogP contribution in [-0.4, -0.2) is 20.2 Å². The number of phenols is 1. The zero-order valence-electron chi connectivity index (χ0n) is 10.2. The van der Waals surface area contributed by atoms with Gasteiger partial charge < -0.3 is 9.63 Å². The Morgan fingerprint density at radius 1 is 1.19 bits per heavy atom. The fourth-order valence-corrected chi connectivity index (χ4v) is 2.15. The van der Waals surface area contributed by atoms with Crippen molar-refractivity contribution in [1.82, 2.24) is 15.1 Å². The number of phenolic OH excluding ortho intramolecular Hbond substituents is 1. The average molecular weight is 326 g/mol. The summed E-state index contributed by atoms with van der Waals surface area (Å²) < 4.78 is 18.2. The highest BCUT2D eigenvalue weighted by atomic mass is 35.5. The third kappa shape index (κ3) is 2.68. The van der Waals surface area contributed by atoms with E-state index in [2.05, 4.69) is 15.1 Å². The Labute approximate surface area is 128 Å². The molecule has 0 spiro atoms. The molecule has 0 aliphatic heterocycles. The minimum Gasteiger partial charge on any atom is -0.507 e. The van der Waals surface area contributed by atoms with Crippen molar-refractivity contribution in [2.45, 2.75) is 0 Å². The molecule has 5 nitrogen and oxygen atoms in total. The summed E-state index contributed by atoms with van der Waals surface area (Å²) in [5.74, 6) is -0.655. The molecule has 8 heteroatoms. The Morgan fingerprint density at radius 2 is 2.00 bits per heavy atom. The number of hydrogen-bond acceptors (Lipinski definition) is 5. The lowest BCUT2D eigenvalue weighted by Gasteiger charge is -1.99. The monoisotopic (exact) mass is 325 g/mol. The first kappa shape index (κ1) is 13.8. The Balaban J connectivity index is 2.06. The van der Waals surface area contributed by atoms with Crippen molar-refractivity contribution in [2.24, 2.45) is 0 Å². The van der Waals surface area contributed by atoms with Crippen molar-refractivity contribution in [3.63, 3.8) is 0 Å². The first-order valence-corrected chi connectivity index (χ1v) is 6.44. The maximum Gasteiger partial charge on any atom is 0.262 e. The average Bonchev–Trinajstić information content (AvgIpc) is 2.91. The highest BCUT2D eigenvalue weighted by Crippen LogP contribution is 2.31. The third-order valence-electron chi connectivity index (χ3n) is 2.63. The van der Waals surface area contributed by atoms with Crippen molar-refractivity contribution >= 4 is 23.2 Å². The largest absolute Gasteiger partial charge is 0.507 e. The van der Waals surface area contributed by atoms with Crippen LogP contribution in [0.4, 0.5) is 4.39 Å². The van der Waals surface area contributed by atoms with E-state index in [9.17, 15) is 9.50 Å². The Bertz CT molecular complexity index is 823. The minimum absolute atomic E-state index is 0.0465. The summed E-state index contributed by atoms with van der Waals surface area (Å²) >= 11 is 11.8. The van der Waals surface area contributed by atoms with Gasteiger partial charge in [0.1, 0.15) is 17.3 Å². The van der Waals surface area contributed by atoms with Crippen molar-refractivity contribution < 1.29 is 14.0 Å². The number of benzene rings is 1. The number of nitrogens with zero attached hydrogens (tertiary/aromatic N) is 3. The molecule has 3 aromatic rings. The van der Waals surface area contributed by atoms with Gasteiger partial charge in [-0.05, 0) is 24.3 Å². The van der Waals surface area contributed by atoms with Crippen LogP contribution in [0.1, 0.15) is 0 Å². The van der Waals surface area contributed by atoms with E-state index in [0.717, 1.165) is 12.1 Å². The molecule has 0 bridgehead atoms. The molecule has 0 radical (unpaired) electrons. The van der Waals surface area contributed by atoms with E-state index in [1.165, 1.54) is 18.3 Å². The fourth-order valence-electron chi connectivity index (χ4n) is 1.69. The molecule has 106 valence electrons.